The van der Waals surface area contributed by atoms with Gasteiger partial charge in [0.25, 0.3) is 0 Å². The maximum atomic E-state index is 9.25. The second-order valence-corrected chi connectivity index (χ2v) is 4.39. The van der Waals surface area contributed by atoms with E-state index in [-0.39, 0.29) is 6.10 Å². The van der Waals surface area contributed by atoms with Gasteiger partial charge in [0.15, 0.2) is 0 Å². The minimum absolute atomic E-state index is 0.264. The third-order valence-electron chi connectivity index (χ3n) is 2.03. The molecule has 1 aromatic carbocycles. The van der Waals surface area contributed by atoms with Crippen LogP contribution in [0.5, 0.6) is 0 Å². The van der Waals surface area contributed by atoms with Crippen LogP contribution in [0.1, 0.15) is 23.6 Å². The number of aryl methyl sites for hydroxylation is 2. The Labute approximate surface area is 87.9 Å². The standard InChI is InChI=1S/C11H15BrO/c1-7-4-10(6-9(3)13)5-8(2)11(7)12/h4-5,9,13H,6H2,1-3H3. The Bertz CT molecular complexity index is 282. The maximum Gasteiger partial charge on any atom is 0.0552 e. The fourth-order valence-electron chi connectivity index (χ4n) is 1.49. The lowest BCUT2D eigenvalue weighted by Gasteiger charge is -2.09. The highest BCUT2D eigenvalue weighted by molar-refractivity contribution is 9.10. The van der Waals surface area contributed by atoms with E-state index in [2.05, 4.69) is 41.9 Å². The van der Waals surface area contributed by atoms with Crippen LogP contribution in [-0.2, 0) is 6.42 Å². The molecule has 1 nitrogen and oxygen atoms in total. The molecule has 0 aliphatic heterocycles. The molecular weight excluding hydrogens is 228 g/mol. The first kappa shape index (κ1) is 10.7. The molecule has 0 radical (unpaired) electrons. The fraction of sp³-hybridized carbons (Fsp3) is 0.455. The third kappa shape index (κ3) is 2.82. The molecule has 1 N–H and O–H groups in total. The van der Waals surface area contributed by atoms with Crippen molar-refractivity contribution in [3.8, 4) is 0 Å². The molecule has 1 aromatic rings. The Kier molecular flexibility index (Phi) is 3.51. The summed E-state index contributed by atoms with van der Waals surface area (Å²) >= 11 is 3.52. The Morgan fingerprint density at radius 1 is 1.31 bits per heavy atom. The number of hydrogen-bond acceptors (Lipinski definition) is 1. The van der Waals surface area contributed by atoms with E-state index in [1.165, 1.54) is 21.2 Å². The molecule has 0 amide bonds. The zero-order valence-corrected chi connectivity index (χ0v) is 9.85. The summed E-state index contributed by atoms with van der Waals surface area (Å²) in [7, 11) is 0. The first-order valence-corrected chi connectivity index (χ1v) is 5.23. The molecule has 1 unspecified atom stereocenters. The molecule has 0 aliphatic rings. The van der Waals surface area contributed by atoms with E-state index in [0.717, 1.165) is 6.42 Å². The first-order valence-electron chi connectivity index (χ1n) is 4.44. The lowest BCUT2D eigenvalue weighted by Crippen LogP contribution is -2.04. The molecule has 0 aliphatic carbocycles. The second kappa shape index (κ2) is 4.25. The van der Waals surface area contributed by atoms with Crippen LogP contribution >= 0.6 is 15.9 Å². The number of aliphatic hydroxyl groups excluding tert-OH is 1. The molecule has 72 valence electrons. The van der Waals surface area contributed by atoms with Crippen molar-refractivity contribution in [2.45, 2.75) is 33.3 Å². The van der Waals surface area contributed by atoms with Crippen molar-refractivity contribution in [1.29, 1.82) is 0 Å². The molecule has 2 heteroatoms. The van der Waals surface area contributed by atoms with Crippen LogP contribution < -0.4 is 0 Å². The molecule has 0 aromatic heterocycles. The van der Waals surface area contributed by atoms with Gasteiger partial charge < -0.3 is 5.11 Å². The van der Waals surface area contributed by atoms with E-state index >= 15 is 0 Å². The maximum absolute atomic E-state index is 9.25. The predicted octanol–water partition coefficient (Wildman–Crippen LogP) is 2.99. The van der Waals surface area contributed by atoms with E-state index in [1.54, 1.807) is 0 Å². The number of aliphatic hydroxyl groups is 1. The van der Waals surface area contributed by atoms with Gasteiger partial charge in [-0.3, -0.25) is 0 Å². The summed E-state index contributed by atoms with van der Waals surface area (Å²) in [5, 5.41) is 9.25. The minimum atomic E-state index is -0.264. The Morgan fingerprint density at radius 2 is 1.77 bits per heavy atom. The molecule has 0 fully saturated rings. The van der Waals surface area contributed by atoms with Crippen LogP contribution in [0.15, 0.2) is 16.6 Å². The molecule has 0 saturated heterocycles. The van der Waals surface area contributed by atoms with Gasteiger partial charge in [-0.25, -0.2) is 0 Å². The summed E-state index contributed by atoms with van der Waals surface area (Å²) in [6, 6.07) is 4.23. The van der Waals surface area contributed by atoms with Crippen molar-refractivity contribution >= 4 is 15.9 Å². The quantitative estimate of drug-likeness (QED) is 0.846. The van der Waals surface area contributed by atoms with E-state index in [4.69, 9.17) is 0 Å². The first-order chi connectivity index (χ1) is 6.00. The lowest BCUT2D eigenvalue weighted by molar-refractivity contribution is 0.195. The summed E-state index contributed by atoms with van der Waals surface area (Å²) in [5.41, 5.74) is 3.67. The molecular formula is C11H15BrO. The summed E-state index contributed by atoms with van der Waals surface area (Å²) in [6.07, 6.45) is 0.467. The summed E-state index contributed by atoms with van der Waals surface area (Å²) in [4.78, 5) is 0. The van der Waals surface area contributed by atoms with Crippen molar-refractivity contribution < 1.29 is 5.11 Å². The van der Waals surface area contributed by atoms with Crippen molar-refractivity contribution in [1.82, 2.24) is 0 Å². The fourth-order valence-corrected chi connectivity index (χ4v) is 1.72. The second-order valence-electron chi connectivity index (χ2n) is 3.60. The van der Waals surface area contributed by atoms with Gasteiger partial charge in [-0.1, -0.05) is 28.1 Å². The smallest absolute Gasteiger partial charge is 0.0552 e. The number of benzene rings is 1. The Hall–Kier alpha value is -0.340. The van der Waals surface area contributed by atoms with Crippen molar-refractivity contribution in [3.63, 3.8) is 0 Å². The summed E-state index contributed by atoms with van der Waals surface area (Å²) < 4.78 is 1.17. The van der Waals surface area contributed by atoms with Crippen LogP contribution in [-0.4, -0.2) is 11.2 Å². The normalized spacial score (nSPS) is 13.0. The monoisotopic (exact) mass is 242 g/mol. The lowest BCUT2D eigenvalue weighted by atomic mass is 10.0. The van der Waals surface area contributed by atoms with Gasteiger partial charge in [-0.15, -0.1) is 0 Å². The number of halogens is 1. The van der Waals surface area contributed by atoms with Gasteiger partial charge in [-0.2, -0.15) is 0 Å². The summed E-state index contributed by atoms with van der Waals surface area (Å²) in [5.74, 6) is 0. The average molecular weight is 243 g/mol. The predicted molar refractivity (Wildman–Crippen MR) is 59.0 cm³/mol. The van der Waals surface area contributed by atoms with Crippen molar-refractivity contribution in [2.24, 2.45) is 0 Å². The van der Waals surface area contributed by atoms with E-state index in [1.807, 2.05) is 6.92 Å². The van der Waals surface area contributed by atoms with Gasteiger partial charge in [0.1, 0.15) is 0 Å². The van der Waals surface area contributed by atoms with Crippen molar-refractivity contribution in [3.05, 3.63) is 33.3 Å². The van der Waals surface area contributed by atoms with Crippen LogP contribution in [0.4, 0.5) is 0 Å². The topological polar surface area (TPSA) is 20.2 Å². The molecule has 0 spiro atoms. The number of rotatable bonds is 2. The molecule has 0 heterocycles. The highest BCUT2D eigenvalue weighted by atomic mass is 79.9. The van der Waals surface area contributed by atoms with Crippen molar-refractivity contribution in [2.75, 3.05) is 0 Å². The molecule has 0 bridgehead atoms. The van der Waals surface area contributed by atoms with Gasteiger partial charge in [-0.05, 0) is 43.9 Å². The van der Waals surface area contributed by atoms with E-state index in [0.29, 0.717) is 0 Å². The third-order valence-corrected chi connectivity index (χ3v) is 3.28. The molecule has 0 saturated carbocycles. The minimum Gasteiger partial charge on any atom is -0.393 e. The van der Waals surface area contributed by atoms with Gasteiger partial charge in [0.05, 0.1) is 6.10 Å². The van der Waals surface area contributed by atoms with Gasteiger partial charge in [0, 0.05) is 4.47 Å². The molecule has 1 atom stereocenters. The van der Waals surface area contributed by atoms with E-state index in [9.17, 15) is 5.11 Å². The van der Waals surface area contributed by atoms with Crippen LogP contribution in [0.2, 0.25) is 0 Å². The largest absolute Gasteiger partial charge is 0.393 e. The molecule has 13 heavy (non-hydrogen) atoms. The zero-order valence-electron chi connectivity index (χ0n) is 8.26. The SMILES string of the molecule is Cc1cc(CC(C)O)cc(C)c1Br. The molecule has 1 rings (SSSR count). The van der Waals surface area contributed by atoms with Crippen LogP contribution in [0.25, 0.3) is 0 Å². The summed E-state index contributed by atoms with van der Waals surface area (Å²) in [6.45, 7) is 5.96. The highest BCUT2D eigenvalue weighted by Gasteiger charge is 2.04. The van der Waals surface area contributed by atoms with Gasteiger partial charge >= 0.3 is 0 Å². The van der Waals surface area contributed by atoms with Crippen LogP contribution in [0, 0.1) is 13.8 Å². The Balaban J connectivity index is 2.99. The number of hydrogen-bond donors (Lipinski definition) is 1. The van der Waals surface area contributed by atoms with Gasteiger partial charge in [0.2, 0.25) is 0 Å². The highest BCUT2D eigenvalue weighted by Crippen LogP contribution is 2.22. The average Bonchev–Trinajstić information content (AvgIpc) is 1.98. The zero-order chi connectivity index (χ0) is 10.0. The van der Waals surface area contributed by atoms with E-state index < -0.39 is 0 Å². The Morgan fingerprint density at radius 3 is 2.15 bits per heavy atom. The van der Waals surface area contributed by atoms with Crippen LogP contribution in [0.3, 0.4) is 0 Å².